The van der Waals surface area contributed by atoms with Crippen molar-refractivity contribution in [2.24, 2.45) is 0 Å². The van der Waals surface area contributed by atoms with Crippen molar-refractivity contribution >= 4 is 7.85 Å². The molecule has 1 unspecified atom stereocenters. The molecule has 0 spiro atoms. The summed E-state index contributed by atoms with van der Waals surface area (Å²) in [7, 11) is 5.70. The molecule has 86 valence electrons. The maximum atomic E-state index is 12.4. The minimum atomic E-state index is -4.36. The number of halogens is 3. The number of benzene rings is 1. The van der Waals surface area contributed by atoms with E-state index in [0.717, 1.165) is 12.1 Å². The molecule has 1 atom stereocenters. The van der Waals surface area contributed by atoms with Gasteiger partial charge in [-0.15, -0.1) is 0 Å². The molecule has 0 aromatic heterocycles. The lowest BCUT2D eigenvalue weighted by atomic mass is 9.81. The van der Waals surface area contributed by atoms with Crippen molar-refractivity contribution in [3.63, 3.8) is 0 Å². The molecule has 0 aliphatic heterocycles. The third-order valence-electron chi connectivity index (χ3n) is 2.21. The zero-order valence-corrected chi connectivity index (χ0v) is 9.14. The fourth-order valence-electron chi connectivity index (χ4n) is 1.08. The molecule has 1 aromatic carbocycles. The molecule has 0 fully saturated rings. The van der Waals surface area contributed by atoms with Crippen LogP contribution in [0.2, 0.25) is 0 Å². The Morgan fingerprint density at radius 2 is 1.94 bits per heavy atom. The van der Waals surface area contributed by atoms with Crippen molar-refractivity contribution in [2.75, 3.05) is 0 Å². The van der Waals surface area contributed by atoms with E-state index in [4.69, 9.17) is 12.6 Å². The topological polar surface area (TPSA) is 9.23 Å². The van der Waals surface area contributed by atoms with Gasteiger partial charge in [-0.3, -0.25) is 0 Å². The van der Waals surface area contributed by atoms with Gasteiger partial charge in [0.05, 0.1) is 11.1 Å². The van der Waals surface area contributed by atoms with Crippen LogP contribution in [0.5, 0.6) is 5.75 Å². The second kappa shape index (κ2) is 4.40. The van der Waals surface area contributed by atoms with Gasteiger partial charge in [0.25, 0.3) is 0 Å². The van der Waals surface area contributed by atoms with Crippen LogP contribution in [-0.2, 0) is 6.18 Å². The second-order valence-corrected chi connectivity index (χ2v) is 3.79. The Morgan fingerprint density at radius 1 is 1.31 bits per heavy atom. The van der Waals surface area contributed by atoms with Crippen LogP contribution in [-0.4, -0.2) is 13.3 Å². The lowest BCUT2D eigenvalue weighted by molar-refractivity contribution is -0.137. The number of hydrogen-bond donors (Lipinski definition) is 0. The van der Waals surface area contributed by atoms with Gasteiger partial charge in [0.2, 0.25) is 0 Å². The molecule has 0 aliphatic rings. The SMILES string of the molecule is [B]C(C)(CC)Oc1cccc(C(F)(F)F)c1. The normalized spacial score (nSPS) is 15.6. The molecule has 0 saturated carbocycles. The first-order valence-corrected chi connectivity index (χ1v) is 4.90. The summed E-state index contributed by atoms with van der Waals surface area (Å²) in [4.78, 5) is 0. The average Bonchev–Trinajstić information content (AvgIpc) is 2.16. The van der Waals surface area contributed by atoms with E-state index in [9.17, 15) is 13.2 Å². The minimum absolute atomic E-state index is 0.127. The van der Waals surface area contributed by atoms with E-state index >= 15 is 0 Å². The highest BCUT2D eigenvalue weighted by Gasteiger charge is 2.31. The number of hydrogen-bond acceptors (Lipinski definition) is 1. The van der Waals surface area contributed by atoms with Gasteiger partial charge in [0.1, 0.15) is 13.6 Å². The molecule has 1 aromatic rings. The molecule has 0 saturated heterocycles. The Bertz CT molecular complexity index is 360. The van der Waals surface area contributed by atoms with E-state index in [-0.39, 0.29) is 5.75 Å². The standard InChI is InChI=1S/C11H12BF3O/c1-3-10(2,12)16-9-6-4-5-8(7-9)11(13,14)15/h4-7H,3H2,1-2H3. The van der Waals surface area contributed by atoms with Crippen LogP contribution in [0.1, 0.15) is 25.8 Å². The minimum Gasteiger partial charge on any atom is -0.498 e. The molecule has 1 rings (SSSR count). The van der Waals surface area contributed by atoms with Crippen LogP contribution >= 0.6 is 0 Å². The summed E-state index contributed by atoms with van der Waals surface area (Å²) in [6.07, 6.45) is -3.86. The Kier molecular flexibility index (Phi) is 3.56. The third-order valence-corrected chi connectivity index (χ3v) is 2.21. The highest BCUT2D eigenvalue weighted by molar-refractivity contribution is 6.14. The Morgan fingerprint density at radius 3 is 2.44 bits per heavy atom. The Hall–Kier alpha value is -1.13. The van der Waals surface area contributed by atoms with Crippen LogP contribution in [0, 0.1) is 0 Å². The van der Waals surface area contributed by atoms with E-state index in [0.29, 0.717) is 6.42 Å². The maximum absolute atomic E-state index is 12.4. The van der Waals surface area contributed by atoms with Gasteiger partial charge in [-0.05, 0) is 31.5 Å². The smallest absolute Gasteiger partial charge is 0.416 e. The van der Waals surface area contributed by atoms with Gasteiger partial charge < -0.3 is 4.74 Å². The fourth-order valence-corrected chi connectivity index (χ4v) is 1.08. The Balaban J connectivity index is 2.92. The van der Waals surface area contributed by atoms with E-state index in [2.05, 4.69) is 0 Å². The summed E-state index contributed by atoms with van der Waals surface area (Å²) < 4.78 is 42.5. The van der Waals surface area contributed by atoms with Gasteiger partial charge in [-0.2, -0.15) is 13.2 Å². The predicted molar refractivity (Wildman–Crippen MR) is 56.5 cm³/mol. The third kappa shape index (κ3) is 3.47. The summed E-state index contributed by atoms with van der Waals surface area (Å²) in [5.74, 6) is 0.127. The number of ether oxygens (including phenoxy) is 1. The number of alkyl halides is 3. The molecule has 0 heterocycles. The molecular formula is C11H12BF3O. The predicted octanol–water partition coefficient (Wildman–Crippen LogP) is 3.38. The van der Waals surface area contributed by atoms with Gasteiger partial charge >= 0.3 is 6.18 Å². The van der Waals surface area contributed by atoms with Crippen LogP contribution in [0.15, 0.2) is 24.3 Å². The zero-order valence-electron chi connectivity index (χ0n) is 9.14. The van der Waals surface area contributed by atoms with Gasteiger partial charge in [-0.25, -0.2) is 0 Å². The summed E-state index contributed by atoms with van der Waals surface area (Å²) in [5.41, 5.74) is -1.69. The first-order valence-electron chi connectivity index (χ1n) is 4.90. The van der Waals surface area contributed by atoms with E-state index in [1.54, 1.807) is 13.8 Å². The van der Waals surface area contributed by atoms with E-state index in [1.165, 1.54) is 12.1 Å². The summed E-state index contributed by atoms with van der Waals surface area (Å²) in [6.45, 7) is 3.42. The average molecular weight is 228 g/mol. The molecule has 0 aliphatic carbocycles. The molecule has 1 nitrogen and oxygen atoms in total. The highest BCUT2D eigenvalue weighted by atomic mass is 19.4. The zero-order chi connectivity index (χ0) is 12.4. The molecular weight excluding hydrogens is 216 g/mol. The summed E-state index contributed by atoms with van der Waals surface area (Å²) >= 11 is 0. The van der Waals surface area contributed by atoms with Crippen molar-refractivity contribution in [3.05, 3.63) is 29.8 Å². The van der Waals surface area contributed by atoms with Crippen LogP contribution in [0.25, 0.3) is 0 Å². The maximum Gasteiger partial charge on any atom is 0.416 e. The van der Waals surface area contributed by atoms with Crippen LogP contribution < -0.4 is 4.74 Å². The largest absolute Gasteiger partial charge is 0.498 e. The quantitative estimate of drug-likeness (QED) is 0.720. The first-order chi connectivity index (χ1) is 7.24. The second-order valence-electron chi connectivity index (χ2n) is 3.79. The van der Waals surface area contributed by atoms with Crippen molar-refractivity contribution in [1.29, 1.82) is 0 Å². The fraction of sp³-hybridized carbons (Fsp3) is 0.455. The first kappa shape index (κ1) is 12.9. The van der Waals surface area contributed by atoms with E-state index < -0.39 is 17.2 Å². The molecule has 0 amide bonds. The molecule has 2 radical (unpaired) electrons. The molecule has 0 N–H and O–H groups in total. The van der Waals surface area contributed by atoms with Gasteiger partial charge in [0, 0.05) is 0 Å². The molecule has 5 heteroatoms. The molecule has 16 heavy (non-hydrogen) atoms. The van der Waals surface area contributed by atoms with Crippen molar-refractivity contribution in [1.82, 2.24) is 0 Å². The monoisotopic (exact) mass is 228 g/mol. The highest BCUT2D eigenvalue weighted by Crippen LogP contribution is 2.32. The van der Waals surface area contributed by atoms with Crippen LogP contribution in [0.4, 0.5) is 13.2 Å². The Labute approximate surface area is 94.0 Å². The van der Waals surface area contributed by atoms with Crippen molar-refractivity contribution in [3.8, 4) is 5.75 Å². The lowest BCUT2D eigenvalue weighted by Gasteiger charge is -2.26. The summed E-state index contributed by atoms with van der Waals surface area (Å²) in [6, 6.07) is 4.69. The van der Waals surface area contributed by atoms with Gasteiger partial charge in [-0.1, -0.05) is 13.0 Å². The summed E-state index contributed by atoms with van der Waals surface area (Å²) in [5, 5.41) is 0. The van der Waals surface area contributed by atoms with Crippen molar-refractivity contribution < 1.29 is 17.9 Å². The lowest BCUT2D eigenvalue weighted by Crippen LogP contribution is -2.31. The van der Waals surface area contributed by atoms with E-state index in [1.807, 2.05) is 0 Å². The van der Waals surface area contributed by atoms with Crippen molar-refractivity contribution in [2.45, 2.75) is 31.9 Å². The van der Waals surface area contributed by atoms with Gasteiger partial charge in [0.15, 0.2) is 0 Å². The number of rotatable bonds is 3. The van der Waals surface area contributed by atoms with Crippen LogP contribution in [0.3, 0.4) is 0 Å². The molecule has 0 bridgehead atoms.